The van der Waals surface area contributed by atoms with Crippen molar-refractivity contribution in [1.82, 2.24) is 4.72 Å². The normalized spacial score (nSPS) is 13.9. The van der Waals surface area contributed by atoms with E-state index in [0.29, 0.717) is 39.4 Å². The molecule has 666 valence electrons. The van der Waals surface area contributed by atoms with Crippen molar-refractivity contribution in [3.8, 4) is 0 Å². The predicted octanol–water partition coefficient (Wildman–Crippen LogP) is 11.3. The van der Waals surface area contributed by atoms with E-state index in [1.165, 1.54) is 61.5 Å². The lowest BCUT2D eigenvalue weighted by Crippen LogP contribution is -2.28. The zero-order chi connectivity index (χ0) is 93.4. The van der Waals surface area contributed by atoms with Crippen molar-refractivity contribution in [2.75, 3.05) is 91.1 Å². The van der Waals surface area contributed by atoms with Crippen LogP contribution in [0.3, 0.4) is 0 Å². The van der Waals surface area contributed by atoms with Crippen molar-refractivity contribution in [2.24, 2.45) is 0 Å². The highest BCUT2D eigenvalue weighted by atomic mass is 32.2. The molecule has 5 aliphatic carbocycles. The number of fused-ring (bicyclic) bond motifs is 8. The first-order valence-electron chi connectivity index (χ1n) is 39.2. The summed E-state index contributed by atoms with van der Waals surface area (Å²) in [5, 5.41) is 23.9. The van der Waals surface area contributed by atoms with Gasteiger partial charge in [0.05, 0.1) is 124 Å². The molecule has 0 spiro atoms. The van der Waals surface area contributed by atoms with Crippen molar-refractivity contribution in [3.63, 3.8) is 0 Å². The average Bonchev–Trinajstić information content (AvgIpc) is 0.744. The Morgan fingerprint density at radius 2 is 0.636 bits per heavy atom. The third-order valence-corrected chi connectivity index (χ3v) is 28.7. The molecular weight excluding hydrogens is 1770 g/mol. The molecule has 1 fully saturated rings. The standard InChI is InChI=1S/C25H25N3O8S2.C23H19N3O6S.C21H22N2O5S.C21H16N2O5S/c1-13-10-15(11-19(14(13)2)37(32,33)27-8-9-29)28-18-12-20(38(34,35)36-3)23(26)22-21(18)24(30)16-6-4-5-7-17(16)25(22)31;1-12(27)25-13-7-9-14(10-8-13)26-17-11-18(33(30,31)32-2)21(24)20-19(17)22(28)15-5-3-4-6-16(15)23(20)29;2*1-28-29(26,27)16-11-15(23-12-7-3-2-4-8-12)17-18(19(16)22)21(25)14-10-6-5-9-13(14)20(17)24/h4-7,10-12,27-29H,8-9,26H2,1-3H3;3-11,26H,24H2,1-2H3,(H,25,27);5-6,9-12,23H,2-4,7-8,22H2,1H3;2-11,23H,22H2,1H3. The molecule has 5 aliphatic rings. The number of carbonyl (C=O) groups excluding carboxylic acids is 9. The van der Waals surface area contributed by atoms with Crippen LogP contribution in [-0.2, 0) is 72.0 Å². The van der Waals surface area contributed by atoms with Gasteiger partial charge in [-0.15, -0.1) is 0 Å². The van der Waals surface area contributed by atoms with Crippen LogP contribution in [0.25, 0.3) is 0 Å². The van der Waals surface area contributed by atoms with Gasteiger partial charge in [0.1, 0.15) is 19.6 Å². The first-order chi connectivity index (χ1) is 61.2. The van der Waals surface area contributed by atoms with Gasteiger partial charge in [-0.1, -0.05) is 135 Å². The number of rotatable bonds is 21. The fraction of sp³-hybridized carbons (Fsp3) is 0.167. The summed E-state index contributed by atoms with van der Waals surface area (Å²) in [6.45, 7) is 4.07. The quantitative estimate of drug-likeness (QED) is 0.0235. The number of nitrogen functional groups attached to an aromatic ring is 4. The molecule has 0 bridgehead atoms. The molecule has 39 heteroatoms. The summed E-state index contributed by atoms with van der Waals surface area (Å²) in [7, 11) is -17.2. The Kier molecular flexibility index (Phi) is 26.5. The highest BCUT2D eigenvalue weighted by Crippen LogP contribution is 2.47. The van der Waals surface area contributed by atoms with Gasteiger partial charge in [-0.2, -0.15) is 33.7 Å². The molecule has 0 radical (unpaired) electrons. The topological polar surface area (TPSA) is 558 Å². The van der Waals surface area contributed by atoms with Gasteiger partial charge in [-0.05, 0) is 111 Å². The van der Waals surface area contributed by atoms with E-state index < -0.39 is 113 Å². The summed E-state index contributed by atoms with van der Waals surface area (Å²) in [4.78, 5) is 116. The monoisotopic (exact) mass is 1850 g/mol. The molecule has 0 atom stereocenters. The minimum Gasteiger partial charge on any atom is -0.397 e. The minimum atomic E-state index is -4.41. The number of nitrogens with two attached hydrogens (primary N) is 4. The second-order valence-corrected chi connectivity index (χ2v) is 38.1. The largest absolute Gasteiger partial charge is 0.397 e. The number of ketones is 8. The number of aliphatic hydroxyl groups is 1. The number of benzene rings is 11. The number of hydrogen-bond acceptors (Lipinski definition) is 32. The van der Waals surface area contributed by atoms with Gasteiger partial charge in [0.15, 0.2) is 46.3 Å². The number of para-hydroxylation sites is 1. The molecule has 16 rings (SSSR count). The van der Waals surface area contributed by atoms with Crippen LogP contribution >= 0.6 is 0 Å². The van der Waals surface area contributed by atoms with Gasteiger partial charge < -0.3 is 54.6 Å². The van der Waals surface area contributed by atoms with Crippen molar-refractivity contribution >= 4 is 171 Å². The van der Waals surface area contributed by atoms with Crippen LogP contribution in [0.1, 0.15) is 178 Å². The summed E-state index contributed by atoms with van der Waals surface area (Å²) >= 11 is 0. The van der Waals surface area contributed by atoms with Crippen LogP contribution in [0, 0.1) is 13.8 Å². The summed E-state index contributed by atoms with van der Waals surface area (Å²) in [5.74, 6) is -4.21. The van der Waals surface area contributed by atoms with Gasteiger partial charge >= 0.3 is 0 Å². The van der Waals surface area contributed by atoms with E-state index in [9.17, 15) is 85.2 Å². The summed E-state index contributed by atoms with van der Waals surface area (Å²) in [5.41, 5.74) is 27.1. The number of amides is 1. The lowest BCUT2D eigenvalue weighted by atomic mass is 9.82. The highest BCUT2D eigenvalue weighted by molar-refractivity contribution is 7.89. The van der Waals surface area contributed by atoms with Crippen LogP contribution in [0.2, 0.25) is 0 Å². The molecule has 0 saturated heterocycles. The fourth-order valence-corrected chi connectivity index (χ4v) is 20.1. The van der Waals surface area contributed by atoms with Crippen LogP contribution in [0.4, 0.5) is 68.2 Å². The molecule has 11 aromatic carbocycles. The van der Waals surface area contributed by atoms with Crippen molar-refractivity contribution in [3.05, 3.63) is 288 Å². The van der Waals surface area contributed by atoms with E-state index in [-0.39, 0.29) is 162 Å². The Labute approximate surface area is 740 Å². The van der Waals surface area contributed by atoms with E-state index in [4.69, 9.17) is 28.0 Å². The Morgan fingerprint density at radius 3 is 0.946 bits per heavy atom. The number of anilines is 12. The van der Waals surface area contributed by atoms with E-state index in [1.807, 2.05) is 6.07 Å². The van der Waals surface area contributed by atoms with Gasteiger partial charge in [-0.3, -0.25) is 59.9 Å². The number of hydrogen-bond donors (Lipinski definition) is 11. The summed E-state index contributed by atoms with van der Waals surface area (Å²) in [6.07, 6.45) is 5.06. The van der Waals surface area contributed by atoms with Crippen molar-refractivity contribution in [1.29, 1.82) is 0 Å². The third kappa shape index (κ3) is 17.9. The average molecular weight is 1850 g/mol. The molecule has 129 heavy (non-hydrogen) atoms. The lowest BCUT2D eigenvalue weighted by molar-refractivity contribution is -0.114. The van der Waals surface area contributed by atoms with Crippen LogP contribution in [0.15, 0.2) is 213 Å². The number of nitrogens with one attached hydrogen (secondary N) is 6. The van der Waals surface area contributed by atoms with Crippen molar-refractivity contribution < 1.29 is 107 Å². The molecule has 0 heterocycles. The third-order valence-electron chi connectivity index (χ3n) is 21.8. The smallest absolute Gasteiger partial charge is 0.298 e. The van der Waals surface area contributed by atoms with Crippen LogP contribution in [0.5, 0.6) is 0 Å². The molecule has 15 N–H and O–H groups in total. The summed E-state index contributed by atoms with van der Waals surface area (Å²) < 4.78 is 147. The number of carbonyl (C=O) groups is 9. The first kappa shape index (κ1) is 92.8. The van der Waals surface area contributed by atoms with Gasteiger partial charge in [0.2, 0.25) is 15.9 Å². The number of sulfonamides is 1. The zero-order valence-corrected chi connectivity index (χ0v) is 73.7. The van der Waals surface area contributed by atoms with Gasteiger partial charge in [0.25, 0.3) is 40.5 Å². The van der Waals surface area contributed by atoms with Crippen molar-refractivity contribution in [2.45, 2.75) is 83.4 Å². The molecule has 0 unspecified atom stereocenters. The lowest BCUT2D eigenvalue weighted by Gasteiger charge is -2.28. The molecule has 1 amide bonds. The highest BCUT2D eigenvalue weighted by Gasteiger charge is 2.43. The Balaban J connectivity index is 0.000000148. The first-order valence-corrected chi connectivity index (χ1v) is 46.3. The maximum atomic E-state index is 13.6. The second-order valence-electron chi connectivity index (χ2n) is 29.7. The zero-order valence-electron chi connectivity index (χ0n) is 69.6. The minimum absolute atomic E-state index is 0.0304. The van der Waals surface area contributed by atoms with E-state index in [2.05, 4.69) is 48.0 Å². The molecule has 0 aromatic heterocycles. The molecular formula is C90H82N10O24S5. The number of aliphatic hydroxyl groups excluding tert-OH is 1. The fourth-order valence-electron chi connectivity index (χ4n) is 15.5. The van der Waals surface area contributed by atoms with Gasteiger partial charge in [0, 0.05) is 92.5 Å². The SMILES string of the molecule is COS(=O)(=O)c1cc(NC2CCCCC2)c2c(c1N)C(=O)c1ccccc1C2=O.COS(=O)(=O)c1cc(Nc2cc(C)c(C)c(S(=O)(=O)NCCO)c2)c2c(c1N)C(=O)c1ccccc1C2=O.COS(=O)(=O)c1cc(Nc2ccc(NC(C)=O)cc2)c2c(c1N)C(=O)c1ccccc1C2=O.COS(=O)(=O)c1cc(Nc2ccccc2)c2c(c1N)C(=O)c1ccccc1C2=O. The van der Waals surface area contributed by atoms with E-state index in [1.54, 1.807) is 135 Å². The predicted molar refractivity (Wildman–Crippen MR) is 479 cm³/mol. The summed E-state index contributed by atoms with van der Waals surface area (Å²) in [6, 6.07) is 48.4. The second kappa shape index (κ2) is 36.9. The van der Waals surface area contributed by atoms with Crippen LogP contribution < -0.4 is 54.2 Å². The Morgan fingerprint density at radius 1 is 0.357 bits per heavy atom. The Hall–Kier alpha value is -13.8. The molecule has 0 aliphatic heterocycles. The molecule has 34 nitrogen and oxygen atoms in total. The molecule has 1 saturated carbocycles. The van der Waals surface area contributed by atoms with Crippen LogP contribution in [-0.4, -0.2) is 147 Å². The number of aryl methyl sites for hydroxylation is 1. The van der Waals surface area contributed by atoms with E-state index >= 15 is 0 Å². The maximum Gasteiger partial charge on any atom is 0.298 e. The maximum absolute atomic E-state index is 13.6. The van der Waals surface area contributed by atoms with E-state index in [0.717, 1.165) is 66.6 Å². The Bertz CT molecular complexity index is 7230. The molecule has 11 aromatic rings. The van der Waals surface area contributed by atoms with Gasteiger partial charge in [-0.25, -0.2) is 13.1 Å².